The minimum atomic E-state index is 0.351. The highest BCUT2D eigenvalue weighted by atomic mass is 14.9. The third-order valence-electron chi connectivity index (χ3n) is 4.63. The number of nitrogens with zero attached hydrogens (tertiary/aromatic N) is 4. The van der Waals surface area contributed by atoms with Crippen molar-refractivity contribution in [2.75, 3.05) is 0 Å². The fourth-order valence-corrected chi connectivity index (χ4v) is 2.56. The molecule has 0 aliphatic carbocycles. The molecule has 130 valence electrons. The van der Waals surface area contributed by atoms with Gasteiger partial charge in [-0.05, 0) is 35.8 Å². The molecule has 0 bridgehead atoms. The van der Waals surface area contributed by atoms with Gasteiger partial charge in [0.25, 0.3) is 0 Å². The van der Waals surface area contributed by atoms with Crippen LogP contribution in [0.1, 0.15) is 101 Å². The van der Waals surface area contributed by atoms with Crippen molar-refractivity contribution in [3.05, 3.63) is 47.6 Å². The van der Waals surface area contributed by atoms with E-state index in [1.807, 2.05) is 24.8 Å². The van der Waals surface area contributed by atoms with Gasteiger partial charge in [0.15, 0.2) is 0 Å². The van der Waals surface area contributed by atoms with Gasteiger partial charge in [0.2, 0.25) is 0 Å². The van der Waals surface area contributed by atoms with Gasteiger partial charge in [-0.3, -0.25) is 0 Å². The van der Waals surface area contributed by atoms with Gasteiger partial charge in [0.05, 0.1) is 0 Å². The van der Waals surface area contributed by atoms with E-state index in [4.69, 9.17) is 0 Å². The lowest BCUT2D eigenvalue weighted by Gasteiger charge is -2.15. The average molecular weight is 326 g/mol. The lowest BCUT2D eigenvalue weighted by molar-refractivity contribution is 0.537. The first kappa shape index (κ1) is 18.5. The normalized spacial score (nSPS) is 14.2. The topological polar surface area (TPSA) is 51.6 Å². The quantitative estimate of drug-likeness (QED) is 0.701. The molecule has 0 fully saturated rings. The summed E-state index contributed by atoms with van der Waals surface area (Å²) >= 11 is 0. The summed E-state index contributed by atoms with van der Waals surface area (Å²) in [5.74, 6) is 3.51. The van der Waals surface area contributed by atoms with Gasteiger partial charge in [0, 0.05) is 36.6 Å². The maximum Gasteiger partial charge on any atom is 0.131 e. The summed E-state index contributed by atoms with van der Waals surface area (Å²) < 4.78 is 0. The second kappa shape index (κ2) is 8.32. The van der Waals surface area contributed by atoms with Gasteiger partial charge < -0.3 is 0 Å². The summed E-state index contributed by atoms with van der Waals surface area (Å²) in [5, 5.41) is 0. The van der Waals surface area contributed by atoms with Gasteiger partial charge in [-0.2, -0.15) is 0 Å². The Labute approximate surface area is 146 Å². The largest absolute Gasteiger partial charge is 0.241 e. The minimum absolute atomic E-state index is 0.351. The fourth-order valence-electron chi connectivity index (χ4n) is 2.56. The summed E-state index contributed by atoms with van der Waals surface area (Å²) in [4.78, 5) is 18.2. The van der Waals surface area contributed by atoms with E-state index in [9.17, 15) is 0 Å². The molecule has 4 heteroatoms. The van der Waals surface area contributed by atoms with Crippen LogP contribution in [0.4, 0.5) is 0 Å². The molecular weight excluding hydrogens is 296 g/mol. The van der Waals surface area contributed by atoms with Crippen LogP contribution < -0.4 is 0 Å². The Balaban J connectivity index is 1.91. The molecule has 24 heavy (non-hydrogen) atoms. The average Bonchev–Trinajstić information content (AvgIpc) is 2.59. The highest BCUT2D eigenvalue weighted by Crippen LogP contribution is 2.25. The van der Waals surface area contributed by atoms with Gasteiger partial charge in [-0.1, -0.05) is 41.5 Å². The van der Waals surface area contributed by atoms with Crippen molar-refractivity contribution in [2.24, 2.45) is 0 Å². The van der Waals surface area contributed by atoms with Gasteiger partial charge in [-0.25, -0.2) is 19.9 Å². The zero-order valence-corrected chi connectivity index (χ0v) is 15.8. The lowest BCUT2D eigenvalue weighted by Crippen LogP contribution is -2.06. The van der Waals surface area contributed by atoms with E-state index < -0.39 is 0 Å². The van der Waals surface area contributed by atoms with Crippen LogP contribution in [-0.2, 0) is 0 Å². The van der Waals surface area contributed by atoms with Crippen LogP contribution in [0.25, 0.3) is 0 Å². The van der Waals surface area contributed by atoms with E-state index in [0.29, 0.717) is 23.7 Å². The first-order valence-electron chi connectivity index (χ1n) is 9.02. The predicted octanol–water partition coefficient (Wildman–Crippen LogP) is 5.20. The molecule has 0 saturated heterocycles. The van der Waals surface area contributed by atoms with Gasteiger partial charge in [-0.15, -0.1) is 0 Å². The van der Waals surface area contributed by atoms with Crippen LogP contribution in [-0.4, -0.2) is 19.9 Å². The van der Waals surface area contributed by atoms with Crippen LogP contribution in [0.2, 0.25) is 0 Å². The van der Waals surface area contributed by atoms with Crippen LogP contribution in [0.3, 0.4) is 0 Å². The molecule has 0 saturated carbocycles. The standard InChI is InChI=1S/C20H30N4/c1-13(2)17-9-21-19(22-10-17)15(5)7-8-16(6)20-23-11-18(12-24-20)14(3)4/h9-16H,7-8H2,1-6H3. The molecule has 2 heterocycles. The first-order chi connectivity index (χ1) is 11.4. The number of hydrogen-bond acceptors (Lipinski definition) is 4. The molecule has 0 aromatic carbocycles. The molecule has 2 unspecified atom stereocenters. The number of rotatable bonds is 7. The third kappa shape index (κ3) is 4.83. The van der Waals surface area contributed by atoms with Crippen molar-refractivity contribution in [2.45, 2.75) is 78.1 Å². The molecule has 4 nitrogen and oxygen atoms in total. The lowest BCUT2D eigenvalue weighted by atomic mass is 9.96. The van der Waals surface area contributed by atoms with E-state index >= 15 is 0 Å². The Morgan fingerprint density at radius 3 is 1.12 bits per heavy atom. The maximum atomic E-state index is 4.54. The molecule has 2 aromatic rings. The van der Waals surface area contributed by atoms with Crippen LogP contribution >= 0.6 is 0 Å². The Kier molecular flexibility index (Phi) is 6.41. The monoisotopic (exact) mass is 326 g/mol. The highest BCUT2D eigenvalue weighted by molar-refractivity contribution is 5.12. The zero-order valence-electron chi connectivity index (χ0n) is 15.8. The molecule has 2 rings (SSSR count). The molecule has 0 radical (unpaired) electrons. The Hall–Kier alpha value is -1.84. The molecule has 0 spiro atoms. The molecule has 0 aliphatic rings. The summed E-state index contributed by atoms with van der Waals surface area (Å²) in [6.07, 6.45) is 9.91. The summed E-state index contributed by atoms with van der Waals surface area (Å²) in [6.45, 7) is 13.0. The molecule has 2 aromatic heterocycles. The Morgan fingerprint density at radius 2 is 0.875 bits per heavy atom. The van der Waals surface area contributed by atoms with Crippen molar-refractivity contribution in [1.82, 2.24) is 19.9 Å². The van der Waals surface area contributed by atoms with Crippen molar-refractivity contribution < 1.29 is 0 Å². The molecule has 2 atom stereocenters. The van der Waals surface area contributed by atoms with Gasteiger partial charge >= 0.3 is 0 Å². The number of aromatic nitrogens is 4. The molecule has 0 N–H and O–H groups in total. The summed E-state index contributed by atoms with van der Waals surface area (Å²) in [5.41, 5.74) is 2.39. The van der Waals surface area contributed by atoms with E-state index in [2.05, 4.69) is 61.5 Å². The summed E-state index contributed by atoms with van der Waals surface area (Å²) in [7, 11) is 0. The van der Waals surface area contributed by atoms with Crippen molar-refractivity contribution in [3.8, 4) is 0 Å². The SMILES string of the molecule is CC(C)c1cnc(C(C)CCC(C)c2ncc(C(C)C)cn2)nc1. The van der Waals surface area contributed by atoms with Crippen molar-refractivity contribution in [3.63, 3.8) is 0 Å². The Morgan fingerprint density at radius 1 is 0.583 bits per heavy atom. The van der Waals surface area contributed by atoms with Crippen molar-refractivity contribution in [1.29, 1.82) is 0 Å². The predicted molar refractivity (Wildman–Crippen MR) is 98.3 cm³/mol. The van der Waals surface area contributed by atoms with E-state index in [0.717, 1.165) is 24.5 Å². The zero-order chi connectivity index (χ0) is 17.7. The van der Waals surface area contributed by atoms with E-state index in [-0.39, 0.29) is 0 Å². The molecule has 0 amide bonds. The van der Waals surface area contributed by atoms with Crippen LogP contribution in [0.15, 0.2) is 24.8 Å². The van der Waals surface area contributed by atoms with Crippen LogP contribution in [0.5, 0.6) is 0 Å². The smallest absolute Gasteiger partial charge is 0.131 e. The van der Waals surface area contributed by atoms with Gasteiger partial charge in [0.1, 0.15) is 11.6 Å². The highest BCUT2D eigenvalue weighted by Gasteiger charge is 2.14. The molecular formula is C20H30N4. The molecule has 0 aliphatic heterocycles. The van der Waals surface area contributed by atoms with Crippen molar-refractivity contribution >= 4 is 0 Å². The second-order valence-corrected chi connectivity index (χ2v) is 7.44. The number of hydrogen-bond donors (Lipinski definition) is 0. The van der Waals surface area contributed by atoms with E-state index in [1.165, 1.54) is 11.1 Å². The Bertz CT molecular complexity index is 560. The fraction of sp³-hybridized carbons (Fsp3) is 0.600. The summed E-state index contributed by atoms with van der Waals surface area (Å²) in [6, 6.07) is 0. The minimum Gasteiger partial charge on any atom is -0.241 e. The van der Waals surface area contributed by atoms with Crippen LogP contribution in [0, 0.1) is 0 Å². The first-order valence-corrected chi connectivity index (χ1v) is 9.02. The van der Waals surface area contributed by atoms with E-state index in [1.54, 1.807) is 0 Å². The maximum absolute atomic E-state index is 4.54. The second-order valence-electron chi connectivity index (χ2n) is 7.44. The third-order valence-corrected chi connectivity index (χ3v) is 4.63.